The van der Waals surface area contributed by atoms with Gasteiger partial charge in [0.25, 0.3) is 5.91 Å². The Labute approximate surface area is 142 Å². The lowest BCUT2D eigenvalue weighted by molar-refractivity contribution is 0.0506. The number of aryl methyl sites for hydroxylation is 2. The summed E-state index contributed by atoms with van der Waals surface area (Å²) in [5.41, 5.74) is 3.13. The van der Waals surface area contributed by atoms with E-state index in [4.69, 9.17) is 9.15 Å². The Morgan fingerprint density at radius 3 is 2.67 bits per heavy atom. The van der Waals surface area contributed by atoms with E-state index in [1.165, 1.54) is 5.56 Å². The zero-order valence-corrected chi connectivity index (χ0v) is 14.7. The highest BCUT2D eigenvalue weighted by atomic mass is 16.5. The van der Waals surface area contributed by atoms with E-state index in [1.807, 2.05) is 19.1 Å². The van der Waals surface area contributed by atoms with Crippen LogP contribution >= 0.6 is 0 Å². The van der Waals surface area contributed by atoms with E-state index in [1.54, 1.807) is 7.11 Å². The number of ether oxygens (including phenoxy) is 1. The zero-order valence-electron chi connectivity index (χ0n) is 14.7. The van der Waals surface area contributed by atoms with Crippen LogP contribution in [-0.2, 0) is 4.74 Å². The van der Waals surface area contributed by atoms with Crippen LogP contribution in [0.25, 0.3) is 11.0 Å². The first kappa shape index (κ1) is 17.0. The van der Waals surface area contributed by atoms with Crippen molar-refractivity contribution in [2.24, 2.45) is 5.41 Å². The molecule has 1 aromatic carbocycles. The van der Waals surface area contributed by atoms with E-state index in [0.29, 0.717) is 18.9 Å². The maximum absolute atomic E-state index is 12.5. The lowest BCUT2D eigenvalue weighted by Crippen LogP contribution is -2.47. The minimum absolute atomic E-state index is 0.00878. The van der Waals surface area contributed by atoms with Crippen molar-refractivity contribution in [1.82, 2.24) is 10.6 Å². The molecule has 0 spiro atoms. The fraction of sp³-hybridized carbons (Fsp3) is 0.526. The van der Waals surface area contributed by atoms with Crippen molar-refractivity contribution in [3.05, 3.63) is 35.1 Å². The van der Waals surface area contributed by atoms with Crippen molar-refractivity contribution in [2.45, 2.75) is 26.7 Å². The number of fused-ring (bicyclic) bond motifs is 1. The van der Waals surface area contributed by atoms with E-state index in [0.717, 1.165) is 42.5 Å². The Morgan fingerprint density at radius 2 is 1.96 bits per heavy atom. The van der Waals surface area contributed by atoms with Gasteiger partial charge in [0.15, 0.2) is 5.76 Å². The fourth-order valence-corrected chi connectivity index (χ4v) is 3.40. The molecule has 1 aliphatic heterocycles. The lowest BCUT2D eigenvalue weighted by Gasteiger charge is -2.37. The molecule has 1 aromatic heterocycles. The van der Waals surface area contributed by atoms with Gasteiger partial charge in [-0.1, -0.05) is 0 Å². The van der Waals surface area contributed by atoms with Gasteiger partial charge in [0.05, 0.1) is 6.61 Å². The van der Waals surface area contributed by atoms with Crippen LogP contribution in [0.5, 0.6) is 0 Å². The number of furan rings is 1. The lowest BCUT2D eigenvalue weighted by atomic mass is 9.79. The number of amides is 1. The summed E-state index contributed by atoms with van der Waals surface area (Å²) in [6, 6.07) is 5.87. The predicted molar refractivity (Wildman–Crippen MR) is 94.4 cm³/mol. The Bertz CT molecular complexity index is 685. The second kappa shape index (κ2) is 6.95. The van der Waals surface area contributed by atoms with Crippen LogP contribution in [0, 0.1) is 19.3 Å². The van der Waals surface area contributed by atoms with Crippen LogP contribution in [0.2, 0.25) is 0 Å². The highest BCUT2D eigenvalue weighted by molar-refractivity contribution is 5.96. The normalized spacial score (nSPS) is 17.1. The number of carbonyl (C=O) groups excluding carboxylic acids is 1. The number of hydrogen-bond donors (Lipinski definition) is 2. The highest BCUT2D eigenvalue weighted by Gasteiger charge is 2.32. The molecule has 1 aliphatic rings. The largest absolute Gasteiger partial charge is 0.451 e. The summed E-state index contributed by atoms with van der Waals surface area (Å²) in [7, 11) is 1.72. The summed E-state index contributed by atoms with van der Waals surface area (Å²) in [4.78, 5) is 12.5. The number of methoxy groups -OCH3 is 1. The molecule has 5 nitrogen and oxygen atoms in total. The third kappa shape index (κ3) is 3.47. The Hall–Kier alpha value is -1.85. The summed E-state index contributed by atoms with van der Waals surface area (Å²) in [6.07, 6.45) is 2.00. The monoisotopic (exact) mass is 330 g/mol. The quantitative estimate of drug-likeness (QED) is 0.885. The van der Waals surface area contributed by atoms with Crippen LogP contribution < -0.4 is 10.6 Å². The average molecular weight is 330 g/mol. The first-order chi connectivity index (χ1) is 11.5. The van der Waals surface area contributed by atoms with Crippen LogP contribution in [0.15, 0.2) is 22.6 Å². The van der Waals surface area contributed by atoms with Crippen molar-refractivity contribution in [1.29, 1.82) is 0 Å². The summed E-state index contributed by atoms with van der Waals surface area (Å²) < 4.78 is 11.1. The molecule has 3 rings (SSSR count). The highest BCUT2D eigenvalue weighted by Crippen LogP contribution is 2.29. The molecule has 2 heterocycles. The Morgan fingerprint density at radius 1 is 1.25 bits per heavy atom. The van der Waals surface area contributed by atoms with Crippen molar-refractivity contribution in [2.75, 3.05) is 33.4 Å². The minimum Gasteiger partial charge on any atom is -0.451 e. The minimum atomic E-state index is -0.157. The zero-order chi connectivity index (χ0) is 17.2. The van der Waals surface area contributed by atoms with E-state index < -0.39 is 0 Å². The second-order valence-corrected chi connectivity index (χ2v) is 6.95. The van der Waals surface area contributed by atoms with E-state index >= 15 is 0 Å². The van der Waals surface area contributed by atoms with E-state index in [9.17, 15) is 4.79 Å². The van der Waals surface area contributed by atoms with Crippen molar-refractivity contribution >= 4 is 16.9 Å². The third-order valence-corrected chi connectivity index (χ3v) is 5.10. The first-order valence-electron chi connectivity index (χ1n) is 8.52. The number of piperidine rings is 1. The fourth-order valence-electron chi connectivity index (χ4n) is 3.40. The summed E-state index contributed by atoms with van der Waals surface area (Å²) >= 11 is 0. The van der Waals surface area contributed by atoms with Crippen LogP contribution in [-0.4, -0.2) is 39.3 Å². The van der Waals surface area contributed by atoms with Gasteiger partial charge in [0.2, 0.25) is 0 Å². The number of benzene rings is 1. The maximum atomic E-state index is 12.5. The Kier molecular flexibility index (Phi) is 4.92. The summed E-state index contributed by atoms with van der Waals surface area (Å²) in [5, 5.41) is 7.37. The molecule has 1 saturated heterocycles. The van der Waals surface area contributed by atoms with Crippen molar-refractivity contribution in [3.8, 4) is 0 Å². The Balaban J connectivity index is 1.72. The SMILES string of the molecule is COCC1(CNC(=O)c2cc3cc(C)c(C)cc3o2)CCNCC1. The molecule has 130 valence electrons. The van der Waals surface area contributed by atoms with Crippen molar-refractivity contribution < 1.29 is 13.9 Å². The predicted octanol–water partition coefficient (Wildman–Crippen LogP) is 2.80. The van der Waals surface area contributed by atoms with Gasteiger partial charge in [-0.25, -0.2) is 0 Å². The smallest absolute Gasteiger partial charge is 0.287 e. The van der Waals surface area contributed by atoms with Gasteiger partial charge in [0.1, 0.15) is 5.58 Å². The first-order valence-corrected chi connectivity index (χ1v) is 8.52. The second-order valence-electron chi connectivity index (χ2n) is 6.95. The molecular weight excluding hydrogens is 304 g/mol. The molecule has 2 N–H and O–H groups in total. The molecular formula is C19H26N2O3. The van der Waals surface area contributed by atoms with Gasteiger partial charge in [0, 0.05) is 24.5 Å². The topological polar surface area (TPSA) is 63.5 Å². The number of hydrogen-bond acceptors (Lipinski definition) is 4. The van der Waals surface area contributed by atoms with Gasteiger partial charge in [-0.05, 0) is 69.1 Å². The van der Waals surface area contributed by atoms with Crippen LogP contribution in [0.3, 0.4) is 0 Å². The van der Waals surface area contributed by atoms with Gasteiger partial charge >= 0.3 is 0 Å². The summed E-state index contributed by atoms with van der Waals surface area (Å²) in [5.74, 6) is 0.215. The number of nitrogens with one attached hydrogen (secondary N) is 2. The molecule has 1 amide bonds. The number of carbonyl (C=O) groups is 1. The van der Waals surface area contributed by atoms with E-state index in [-0.39, 0.29) is 11.3 Å². The molecule has 2 aromatic rings. The van der Waals surface area contributed by atoms with Gasteiger partial charge in [-0.2, -0.15) is 0 Å². The standard InChI is InChI=1S/C19H26N2O3/c1-13-8-15-10-17(24-16(15)9-14(13)2)18(22)21-11-19(12-23-3)4-6-20-7-5-19/h8-10,20H,4-7,11-12H2,1-3H3,(H,21,22). The molecule has 5 heteroatoms. The molecule has 0 aliphatic carbocycles. The molecule has 0 bridgehead atoms. The molecule has 0 unspecified atom stereocenters. The molecule has 24 heavy (non-hydrogen) atoms. The average Bonchev–Trinajstić information content (AvgIpc) is 2.97. The van der Waals surface area contributed by atoms with Gasteiger partial charge in [-0.3, -0.25) is 4.79 Å². The van der Waals surface area contributed by atoms with E-state index in [2.05, 4.69) is 23.6 Å². The molecule has 1 fully saturated rings. The van der Waals surface area contributed by atoms with Gasteiger partial charge in [-0.15, -0.1) is 0 Å². The maximum Gasteiger partial charge on any atom is 0.287 e. The molecule has 0 atom stereocenters. The summed E-state index contributed by atoms with van der Waals surface area (Å²) in [6.45, 7) is 7.30. The van der Waals surface area contributed by atoms with Crippen LogP contribution in [0.1, 0.15) is 34.5 Å². The molecule has 0 saturated carbocycles. The van der Waals surface area contributed by atoms with Crippen LogP contribution in [0.4, 0.5) is 0 Å². The third-order valence-electron chi connectivity index (χ3n) is 5.10. The van der Waals surface area contributed by atoms with Gasteiger partial charge < -0.3 is 19.8 Å². The molecule has 0 radical (unpaired) electrons. The van der Waals surface area contributed by atoms with Crippen molar-refractivity contribution in [3.63, 3.8) is 0 Å². The number of rotatable bonds is 5.